The Morgan fingerprint density at radius 3 is 2.67 bits per heavy atom. The predicted molar refractivity (Wildman–Crippen MR) is 128 cm³/mol. The summed E-state index contributed by atoms with van der Waals surface area (Å²) in [5, 5.41) is 11.3. The maximum absolute atomic E-state index is 15.0. The number of hydrogen-bond acceptors (Lipinski definition) is 5. The number of rotatable bonds is 2. The molecule has 7 nitrogen and oxygen atoms in total. The molecule has 4 aromatic rings. The van der Waals surface area contributed by atoms with Gasteiger partial charge in [-0.1, -0.05) is 0 Å². The Morgan fingerprint density at radius 2 is 1.97 bits per heavy atom. The number of hydrogen-bond donors (Lipinski definition) is 0. The highest BCUT2D eigenvalue weighted by Gasteiger charge is 2.35. The van der Waals surface area contributed by atoms with Crippen molar-refractivity contribution in [3.05, 3.63) is 36.2 Å². The number of aromatic nitrogens is 4. The van der Waals surface area contributed by atoms with Crippen molar-refractivity contribution in [3.8, 4) is 10.4 Å². The van der Waals surface area contributed by atoms with E-state index in [1.54, 1.807) is 16.0 Å². The Morgan fingerprint density at radius 1 is 1.18 bits per heavy atom. The van der Waals surface area contributed by atoms with E-state index in [1.165, 1.54) is 4.90 Å². The molecule has 1 aromatic carbocycles. The number of nitrogens with zero attached hydrogens (tertiary/aromatic N) is 5. The molecule has 5 rings (SSSR count). The van der Waals surface area contributed by atoms with E-state index in [9.17, 15) is 4.79 Å². The van der Waals surface area contributed by atoms with Crippen LogP contribution in [-0.2, 0) is 11.8 Å². The minimum Gasteiger partial charge on any atom is -0.444 e. The van der Waals surface area contributed by atoms with Gasteiger partial charge in [-0.3, -0.25) is 9.36 Å². The third kappa shape index (κ3) is 4.21. The van der Waals surface area contributed by atoms with Crippen molar-refractivity contribution in [1.29, 1.82) is 0 Å². The molecule has 2 atom stereocenters. The molecule has 1 fully saturated rings. The molecule has 1 aliphatic rings. The van der Waals surface area contributed by atoms with Gasteiger partial charge in [-0.05, 0) is 63.4 Å². The number of fused-ring (bicyclic) bond motifs is 2. The average molecular weight is 470 g/mol. The number of piperidine rings is 1. The highest BCUT2D eigenvalue weighted by molar-refractivity contribution is 7.21. The first-order valence-corrected chi connectivity index (χ1v) is 11.9. The van der Waals surface area contributed by atoms with E-state index >= 15 is 4.39 Å². The third-order valence-corrected chi connectivity index (χ3v) is 7.00. The van der Waals surface area contributed by atoms with E-state index in [2.05, 4.69) is 30.2 Å². The Balaban J connectivity index is 1.34. The number of benzene rings is 1. The van der Waals surface area contributed by atoms with Crippen LogP contribution >= 0.6 is 11.3 Å². The second kappa shape index (κ2) is 7.83. The molecule has 3 aromatic heterocycles. The summed E-state index contributed by atoms with van der Waals surface area (Å²) in [7, 11) is 1.93. The highest BCUT2D eigenvalue weighted by atomic mass is 32.1. The number of carbonyl (C=O) groups excluding carboxylic acids is 1. The molecule has 0 unspecified atom stereocenters. The molecule has 4 heterocycles. The lowest BCUT2D eigenvalue weighted by atomic mass is 10.0. The lowest BCUT2D eigenvalue weighted by Crippen LogP contribution is -2.47. The molecule has 0 saturated carbocycles. The minimum atomic E-state index is -1.20. The number of likely N-dealkylation sites (tertiary alicyclic amines) is 1. The molecule has 174 valence electrons. The Bertz CT molecular complexity index is 1320. The fraction of sp³-hybridized carbons (Fsp3) is 0.458. The van der Waals surface area contributed by atoms with E-state index in [-0.39, 0.29) is 12.6 Å². The largest absolute Gasteiger partial charge is 0.444 e. The van der Waals surface area contributed by atoms with Crippen LogP contribution in [0.2, 0.25) is 0 Å². The predicted octanol–water partition coefficient (Wildman–Crippen LogP) is 5.48. The van der Waals surface area contributed by atoms with Crippen molar-refractivity contribution in [2.45, 2.75) is 51.9 Å². The van der Waals surface area contributed by atoms with Crippen LogP contribution in [0.5, 0.6) is 0 Å². The second-order valence-electron chi connectivity index (χ2n) is 9.81. The normalized spacial score (nSPS) is 19.5. The molecule has 0 aliphatic carbocycles. The zero-order chi connectivity index (χ0) is 23.5. The topological polar surface area (TPSA) is 65.2 Å². The third-order valence-electron chi connectivity index (χ3n) is 5.91. The number of thiophene rings is 1. The van der Waals surface area contributed by atoms with Crippen molar-refractivity contribution in [1.82, 2.24) is 24.5 Å². The Kier molecular flexibility index (Phi) is 5.19. The lowest BCUT2D eigenvalue weighted by molar-refractivity contribution is 0.00581. The summed E-state index contributed by atoms with van der Waals surface area (Å²) in [5.74, 6) is 0. The summed E-state index contributed by atoms with van der Waals surface area (Å²) in [5.41, 5.74) is 2.69. The highest BCUT2D eigenvalue weighted by Crippen LogP contribution is 2.36. The number of amides is 1. The molecule has 33 heavy (non-hydrogen) atoms. The summed E-state index contributed by atoms with van der Waals surface area (Å²) in [4.78, 5) is 15.8. The van der Waals surface area contributed by atoms with Crippen molar-refractivity contribution < 1.29 is 13.9 Å². The monoisotopic (exact) mass is 469 g/mol. The minimum absolute atomic E-state index is 0.0166. The first kappa shape index (κ1) is 21.9. The summed E-state index contributed by atoms with van der Waals surface area (Å²) < 4.78 is 24.0. The molecular formula is C24H28FN5O2S. The van der Waals surface area contributed by atoms with Crippen LogP contribution in [0.4, 0.5) is 9.18 Å². The second-order valence-corrected chi connectivity index (χ2v) is 10.8. The van der Waals surface area contributed by atoms with Crippen LogP contribution in [0.3, 0.4) is 0 Å². The maximum Gasteiger partial charge on any atom is 0.410 e. The zero-order valence-corrected chi connectivity index (χ0v) is 20.3. The van der Waals surface area contributed by atoms with Gasteiger partial charge in [0.05, 0.1) is 18.1 Å². The summed E-state index contributed by atoms with van der Waals surface area (Å²) >= 11 is 1.61. The van der Waals surface area contributed by atoms with Gasteiger partial charge in [-0.25, -0.2) is 9.18 Å². The van der Waals surface area contributed by atoms with Gasteiger partial charge in [0.2, 0.25) is 0 Å². The van der Waals surface area contributed by atoms with Crippen molar-refractivity contribution >= 4 is 38.5 Å². The molecule has 1 amide bonds. The molecule has 1 aliphatic heterocycles. The van der Waals surface area contributed by atoms with Gasteiger partial charge < -0.3 is 9.64 Å². The van der Waals surface area contributed by atoms with Crippen LogP contribution in [0.15, 0.2) is 30.6 Å². The van der Waals surface area contributed by atoms with Crippen LogP contribution in [-0.4, -0.2) is 55.4 Å². The van der Waals surface area contributed by atoms with E-state index < -0.39 is 17.9 Å². The average Bonchev–Trinajstić information content (AvgIpc) is 3.38. The van der Waals surface area contributed by atoms with Gasteiger partial charge in [0.15, 0.2) is 0 Å². The standard InChI is InChI=1S/C24H28FN5O2S/c1-14-8-15(9-16-11-28(5)26-21(14)16)20-10-17-12-30(27-22(17)33-20)19-6-7-29(13-18(19)25)23(31)32-24(2,3)4/h8-12,18-19H,6-7,13H2,1-5H3/t18-,19+/m1/s1. The maximum atomic E-state index is 15.0. The SMILES string of the molecule is Cc1cc(-c2cc3cn([C@H]4CCN(C(=O)OC(C)(C)C)C[C@H]4F)nc3s2)cc2cn(C)nc12. The fourth-order valence-electron chi connectivity index (χ4n) is 4.41. The van der Waals surface area contributed by atoms with Gasteiger partial charge in [0.25, 0.3) is 0 Å². The fourth-order valence-corrected chi connectivity index (χ4v) is 5.40. The van der Waals surface area contributed by atoms with Crippen LogP contribution in [0.1, 0.15) is 38.8 Å². The van der Waals surface area contributed by atoms with Crippen LogP contribution in [0.25, 0.3) is 31.6 Å². The molecular weight excluding hydrogens is 441 g/mol. The molecule has 9 heteroatoms. The quantitative estimate of drug-likeness (QED) is 0.390. The van der Waals surface area contributed by atoms with Gasteiger partial charge in [-0.15, -0.1) is 11.3 Å². The number of alkyl halides is 1. The van der Waals surface area contributed by atoms with E-state index in [0.717, 1.165) is 37.1 Å². The smallest absolute Gasteiger partial charge is 0.410 e. The molecule has 0 bridgehead atoms. The first-order valence-electron chi connectivity index (χ1n) is 11.1. The molecule has 0 spiro atoms. The van der Waals surface area contributed by atoms with E-state index in [0.29, 0.717) is 13.0 Å². The number of carbonyl (C=O) groups is 1. The Hall–Kier alpha value is -2.94. The van der Waals surface area contributed by atoms with Crippen molar-refractivity contribution in [3.63, 3.8) is 0 Å². The van der Waals surface area contributed by atoms with Gasteiger partial charge >= 0.3 is 6.09 Å². The molecule has 0 N–H and O–H groups in total. The summed E-state index contributed by atoms with van der Waals surface area (Å²) in [6.45, 7) is 7.97. The van der Waals surface area contributed by atoms with Crippen molar-refractivity contribution in [2.75, 3.05) is 13.1 Å². The van der Waals surface area contributed by atoms with Crippen LogP contribution in [0, 0.1) is 6.92 Å². The van der Waals surface area contributed by atoms with Gasteiger partial charge in [-0.2, -0.15) is 10.2 Å². The summed E-state index contributed by atoms with van der Waals surface area (Å²) in [6, 6.07) is 6.03. The number of aryl methyl sites for hydroxylation is 2. The lowest BCUT2D eigenvalue weighted by Gasteiger charge is -2.35. The first-order chi connectivity index (χ1) is 15.6. The zero-order valence-electron chi connectivity index (χ0n) is 19.5. The van der Waals surface area contributed by atoms with Gasteiger partial charge in [0.1, 0.15) is 16.6 Å². The van der Waals surface area contributed by atoms with E-state index in [4.69, 9.17) is 9.84 Å². The number of halogens is 1. The Labute approximate surface area is 195 Å². The van der Waals surface area contributed by atoms with E-state index in [1.807, 2.05) is 44.9 Å². The van der Waals surface area contributed by atoms with Gasteiger partial charge in [0, 0.05) is 41.6 Å². The number of ether oxygens (including phenoxy) is 1. The summed E-state index contributed by atoms with van der Waals surface area (Å²) in [6.07, 6.45) is 2.78. The van der Waals surface area contributed by atoms with Crippen LogP contribution < -0.4 is 0 Å². The van der Waals surface area contributed by atoms with Crippen molar-refractivity contribution in [2.24, 2.45) is 7.05 Å². The molecule has 1 saturated heterocycles. The molecule has 0 radical (unpaired) electrons.